The Labute approximate surface area is 74.9 Å². The Kier molecular flexibility index (Phi) is 4.02. The van der Waals surface area contributed by atoms with Gasteiger partial charge in [0.05, 0.1) is 6.10 Å². The summed E-state index contributed by atoms with van der Waals surface area (Å²) in [5.74, 6) is 1.17. The molecular formula is C10H20O2. The molecule has 0 aromatic carbocycles. The van der Waals surface area contributed by atoms with E-state index in [1.54, 1.807) is 0 Å². The lowest BCUT2D eigenvalue weighted by Gasteiger charge is -2.20. The summed E-state index contributed by atoms with van der Waals surface area (Å²) in [5.41, 5.74) is 0. The molecule has 3 unspecified atom stereocenters. The van der Waals surface area contributed by atoms with Gasteiger partial charge in [-0.1, -0.05) is 13.3 Å². The Hall–Kier alpha value is -0.0800. The molecular weight excluding hydrogens is 152 g/mol. The lowest BCUT2D eigenvalue weighted by molar-refractivity contribution is 0.101. The molecule has 0 aliphatic carbocycles. The van der Waals surface area contributed by atoms with Crippen LogP contribution >= 0.6 is 0 Å². The van der Waals surface area contributed by atoms with E-state index >= 15 is 0 Å². The molecule has 1 N–H and O–H groups in total. The van der Waals surface area contributed by atoms with Gasteiger partial charge in [-0.15, -0.1) is 0 Å². The van der Waals surface area contributed by atoms with Crippen LogP contribution in [-0.4, -0.2) is 24.4 Å². The Bertz CT molecular complexity index is 117. The zero-order chi connectivity index (χ0) is 8.97. The lowest BCUT2D eigenvalue weighted by Crippen LogP contribution is -2.19. The third kappa shape index (κ3) is 2.76. The molecule has 2 heteroatoms. The summed E-state index contributed by atoms with van der Waals surface area (Å²) in [5, 5.41) is 9.43. The highest BCUT2D eigenvalue weighted by atomic mass is 16.5. The van der Waals surface area contributed by atoms with Crippen molar-refractivity contribution in [2.75, 3.05) is 13.2 Å². The van der Waals surface area contributed by atoms with Gasteiger partial charge in [-0.25, -0.2) is 0 Å². The molecule has 1 heterocycles. The number of aliphatic hydroxyl groups is 1. The van der Waals surface area contributed by atoms with Crippen molar-refractivity contribution in [2.24, 2.45) is 11.8 Å². The van der Waals surface area contributed by atoms with Crippen molar-refractivity contribution in [1.29, 1.82) is 0 Å². The van der Waals surface area contributed by atoms with Crippen LogP contribution in [0.15, 0.2) is 0 Å². The molecule has 1 aliphatic heterocycles. The van der Waals surface area contributed by atoms with Crippen molar-refractivity contribution < 1.29 is 9.84 Å². The van der Waals surface area contributed by atoms with Gasteiger partial charge >= 0.3 is 0 Å². The van der Waals surface area contributed by atoms with E-state index in [0.29, 0.717) is 11.8 Å². The molecule has 1 aliphatic rings. The van der Waals surface area contributed by atoms with Crippen molar-refractivity contribution in [3.05, 3.63) is 0 Å². The normalized spacial score (nSPS) is 28.8. The van der Waals surface area contributed by atoms with Gasteiger partial charge in [0.25, 0.3) is 0 Å². The topological polar surface area (TPSA) is 29.5 Å². The Balaban J connectivity index is 2.26. The van der Waals surface area contributed by atoms with Crippen molar-refractivity contribution in [2.45, 2.75) is 39.2 Å². The Morgan fingerprint density at radius 3 is 2.75 bits per heavy atom. The third-order valence-electron chi connectivity index (χ3n) is 2.87. The molecule has 0 amide bonds. The molecule has 1 saturated heterocycles. The second-order valence-electron chi connectivity index (χ2n) is 3.87. The standard InChI is InChI=1S/C10H20O2/c1-3-10(8(2)11)6-9-4-5-12-7-9/h8-11H,3-7H2,1-2H3. The maximum atomic E-state index is 9.43. The van der Waals surface area contributed by atoms with E-state index in [2.05, 4.69) is 6.92 Å². The fourth-order valence-electron chi connectivity index (χ4n) is 1.90. The van der Waals surface area contributed by atoms with Crippen molar-refractivity contribution in [1.82, 2.24) is 0 Å². The maximum absolute atomic E-state index is 9.43. The first-order valence-electron chi connectivity index (χ1n) is 4.99. The number of hydrogen-bond acceptors (Lipinski definition) is 2. The van der Waals surface area contributed by atoms with Gasteiger partial charge in [0.2, 0.25) is 0 Å². The zero-order valence-electron chi connectivity index (χ0n) is 8.12. The molecule has 0 radical (unpaired) electrons. The minimum absolute atomic E-state index is 0.157. The number of ether oxygens (including phenoxy) is 1. The second-order valence-corrected chi connectivity index (χ2v) is 3.87. The highest BCUT2D eigenvalue weighted by Crippen LogP contribution is 2.25. The molecule has 1 fully saturated rings. The van der Waals surface area contributed by atoms with E-state index < -0.39 is 0 Å². The largest absolute Gasteiger partial charge is 0.393 e. The molecule has 0 aromatic rings. The smallest absolute Gasteiger partial charge is 0.0540 e. The first kappa shape index (κ1) is 10.0. The van der Waals surface area contributed by atoms with Crippen LogP contribution in [0.4, 0.5) is 0 Å². The molecule has 0 aromatic heterocycles. The van der Waals surface area contributed by atoms with Crippen LogP contribution in [0.1, 0.15) is 33.1 Å². The molecule has 0 bridgehead atoms. The van der Waals surface area contributed by atoms with E-state index in [-0.39, 0.29) is 6.10 Å². The fraction of sp³-hybridized carbons (Fsp3) is 1.00. The first-order valence-corrected chi connectivity index (χ1v) is 4.99. The summed E-state index contributed by atoms with van der Waals surface area (Å²) in [6, 6.07) is 0. The van der Waals surface area contributed by atoms with Crippen LogP contribution in [0.2, 0.25) is 0 Å². The average Bonchev–Trinajstić information content (AvgIpc) is 2.51. The molecule has 0 spiro atoms. The minimum Gasteiger partial charge on any atom is -0.393 e. The molecule has 1 rings (SSSR count). The van der Waals surface area contributed by atoms with Crippen LogP contribution in [0.25, 0.3) is 0 Å². The summed E-state index contributed by atoms with van der Waals surface area (Å²) in [4.78, 5) is 0. The van der Waals surface area contributed by atoms with Crippen LogP contribution < -0.4 is 0 Å². The van der Waals surface area contributed by atoms with E-state index in [1.807, 2.05) is 6.92 Å². The summed E-state index contributed by atoms with van der Waals surface area (Å²) in [6.07, 6.45) is 3.24. The van der Waals surface area contributed by atoms with Crippen LogP contribution in [-0.2, 0) is 4.74 Å². The summed E-state index contributed by atoms with van der Waals surface area (Å²) >= 11 is 0. The van der Waals surface area contributed by atoms with Crippen molar-refractivity contribution >= 4 is 0 Å². The Morgan fingerprint density at radius 1 is 1.58 bits per heavy atom. The van der Waals surface area contributed by atoms with E-state index in [9.17, 15) is 5.11 Å². The summed E-state index contributed by atoms with van der Waals surface area (Å²) < 4.78 is 5.30. The maximum Gasteiger partial charge on any atom is 0.0540 e. The second kappa shape index (κ2) is 4.83. The quantitative estimate of drug-likeness (QED) is 0.701. The minimum atomic E-state index is -0.157. The Morgan fingerprint density at radius 2 is 2.33 bits per heavy atom. The highest BCUT2D eigenvalue weighted by molar-refractivity contribution is 4.71. The average molecular weight is 172 g/mol. The first-order chi connectivity index (χ1) is 5.74. The van der Waals surface area contributed by atoms with Crippen LogP contribution in [0.3, 0.4) is 0 Å². The molecule has 2 nitrogen and oxygen atoms in total. The molecule has 72 valence electrons. The van der Waals surface area contributed by atoms with E-state index in [4.69, 9.17) is 4.74 Å². The molecule has 0 saturated carbocycles. The fourth-order valence-corrected chi connectivity index (χ4v) is 1.90. The number of hydrogen-bond donors (Lipinski definition) is 1. The number of rotatable bonds is 4. The van der Waals surface area contributed by atoms with E-state index in [1.165, 1.54) is 6.42 Å². The van der Waals surface area contributed by atoms with Gasteiger partial charge in [-0.2, -0.15) is 0 Å². The van der Waals surface area contributed by atoms with Gasteiger partial charge in [0.1, 0.15) is 0 Å². The van der Waals surface area contributed by atoms with Crippen LogP contribution in [0.5, 0.6) is 0 Å². The molecule has 3 atom stereocenters. The van der Waals surface area contributed by atoms with Gasteiger partial charge < -0.3 is 9.84 Å². The van der Waals surface area contributed by atoms with Gasteiger partial charge in [0, 0.05) is 13.2 Å². The number of aliphatic hydroxyl groups excluding tert-OH is 1. The van der Waals surface area contributed by atoms with Gasteiger partial charge in [-0.05, 0) is 31.6 Å². The van der Waals surface area contributed by atoms with Crippen LogP contribution in [0, 0.1) is 11.8 Å². The lowest BCUT2D eigenvalue weighted by atomic mass is 9.89. The highest BCUT2D eigenvalue weighted by Gasteiger charge is 2.22. The zero-order valence-corrected chi connectivity index (χ0v) is 8.12. The van der Waals surface area contributed by atoms with Gasteiger partial charge in [-0.3, -0.25) is 0 Å². The monoisotopic (exact) mass is 172 g/mol. The van der Waals surface area contributed by atoms with Crippen molar-refractivity contribution in [3.63, 3.8) is 0 Å². The van der Waals surface area contributed by atoms with E-state index in [0.717, 1.165) is 26.1 Å². The predicted molar refractivity (Wildman–Crippen MR) is 49.0 cm³/mol. The molecule has 12 heavy (non-hydrogen) atoms. The third-order valence-corrected chi connectivity index (χ3v) is 2.87. The van der Waals surface area contributed by atoms with Gasteiger partial charge in [0.15, 0.2) is 0 Å². The SMILES string of the molecule is CCC(CC1CCOC1)C(C)O. The summed E-state index contributed by atoms with van der Waals surface area (Å²) in [6.45, 7) is 5.86. The van der Waals surface area contributed by atoms with Crippen molar-refractivity contribution in [3.8, 4) is 0 Å². The summed E-state index contributed by atoms with van der Waals surface area (Å²) in [7, 11) is 0. The predicted octanol–water partition coefficient (Wildman–Crippen LogP) is 1.82.